The van der Waals surface area contributed by atoms with Crippen LogP contribution in [0.2, 0.25) is 0 Å². The average molecular weight is 240 g/mol. The summed E-state index contributed by atoms with van der Waals surface area (Å²) in [7, 11) is 0. The number of furan rings is 1. The smallest absolute Gasteiger partial charge is 0.176 e. The number of hydrogen-bond donors (Lipinski definition) is 0. The first kappa shape index (κ1) is 11.3. The van der Waals surface area contributed by atoms with Gasteiger partial charge in [0.2, 0.25) is 0 Å². The molecule has 0 aliphatic heterocycles. The van der Waals surface area contributed by atoms with Crippen molar-refractivity contribution in [3.8, 4) is 0 Å². The van der Waals surface area contributed by atoms with Crippen molar-refractivity contribution in [1.82, 2.24) is 0 Å². The summed E-state index contributed by atoms with van der Waals surface area (Å²) in [5.74, 6) is 1.75. The monoisotopic (exact) mass is 240 g/mol. The fourth-order valence-corrected chi connectivity index (χ4v) is 2.64. The highest BCUT2D eigenvalue weighted by atomic mass is 16.3. The minimum Gasteiger partial charge on any atom is -0.466 e. The second-order valence-corrected chi connectivity index (χ2v) is 5.10. The average Bonchev–Trinajstić information content (AvgIpc) is 3.11. The van der Waals surface area contributed by atoms with Crippen molar-refractivity contribution in [3.05, 3.63) is 59.0 Å². The molecule has 0 bridgehead atoms. The van der Waals surface area contributed by atoms with Crippen LogP contribution in [0.3, 0.4) is 0 Å². The first-order valence-corrected chi connectivity index (χ1v) is 6.31. The summed E-state index contributed by atoms with van der Waals surface area (Å²) in [5, 5.41) is 0. The van der Waals surface area contributed by atoms with Crippen molar-refractivity contribution in [2.24, 2.45) is 0 Å². The van der Waals surface area contributed by atoms with Crippen LogP contribution in [-0.2, 0) is 5.41 Å². The zero-order chi connectivity index (χ0) is 12.8. The number of ketones is 1. The van der Waals surface area contributed by atoms with Crippen LogP contribution in [0.1, 0.15) is 40.3 Å². The maximum Gasteiger partial charge on any atom is 0.176 e. The lowest BCUT2D eigenvalue weighted by atomic mass is 9.87. The lowest BCUT2D eigenvalue weighted by molar-refractivity contribution is 0.0944. The quantitative estimate of drug-likeness (QED) is 0.764. The molecule has 0 saturated heterocycles. The van der Waals surface area contributed by atoms with E-state index in [2.05, 4.69) is 0 Å². The molecule has 0 atom stereocenters. The van der Waals surface area contributed by atoms with E-state index in [1.165, 1.54) is 0 Å². The van der Waals surface area contributed by atoms with Crippen LogP contribution in [0, 0.1) is 13.8 Å². The summed E-state index contributed by atoms with van der Waals surface area (Å²) in [6, 6.07) is 11.9. The molecule has 18 heavy (non-hydrogen) atoms. The molecular formula is C16H16O2. The lowest BCUT2D eigenvalue weighted by Gasteiger charge is -2.13. The zero-order valence-corrected chi connectivity index (χ0v) is 10.7. The van der Waals surface area contributed by atoms with E-state index in [0.29, 0.717) is 0 Å². The van der Waals surface area contributed by atoms with Crippen LogP contribution in [0.4, 0.5) is 0 Å². The largest absolute Gasteiger partial charge is 0.466 e. The normalized spacial score (nSPS) is 16.6. The maximum atomic E-state index is 12.7. The van der Waals surface area contributed by atoms with Crippen molar-refractivity contribution in [1.29, 1.82) is 0 Å². The number of carbonyl (C=O) groups is 1. The Balaban J connectivity index is 2.01. The lowest BCUT2D eigenvalue weighted by Crippen LogP contribution is -2.20. The van der Waals surface area contributed by atoms with Crippen LogP contribution in [0.25, 0.3) is 0 Å². The van der Waals surface area contributed by atoms with Crippen molar-refractivity contribution < 1.29 is 9.21 Å². The van der Waals surface area contributed by atoms with Gasteiger partial charge in [0.25, 0.3) is 0 Å². The molecule has 92 valence electrons. The molecule has 1 aliphatic rings. The van der Waals surface area contributed by atoms with Gasteiger partial charge in [0.15, 0.2) is 5.78 Å². The summed E-state index contributed by atoms with van der Waals surface area (Å²) in [5.41, 5.74) is 1.59. The Morgan fingerprint density at radius 2 is 1.83 bits per heavy atom. The maximum absolute atomic E-state index is 12.7. The van der Waals surface area contributed by atoms with Gasteiger partial charge in [-0.2, -0.15) is 0 Å². The highest BCUT2D eigenvalue weighted by molar-refractivity contribution is 6.06. The molecule has 0 amide bonds. The van der Waals surface area contributed by atoms with Crippen molar-refractivity contribution >= 4 is 5.78 Å². The summed E-state index contributed by atoms with van der Waals surface area (Å²) in [4.78, 5) is 12.7. The number of carbonyl (C=O) groups excluding carboxylic acids is 1. The predicted octanol–water partition coefficient (Wildman–Crippen LogP) is 3.81. The molecule has 0 N–H and O–H groups in total. The molecule has 1 aromatic carbocycles. The van der Waals surface area contributed by atoms with Crippen LogP contribution in [-0.4, -0.2) is 5.78 Å². The fraction of sp³-hybridized carbons (Fsp3) is 0.312. The molecular weight excluding hydrogens is 224 g/mol. The molecule has 2 heteroatoms. The van der Waals surface area contributed by atoms with Crippen molar-refractivity contribution in [3.63, 3.8) is 0 Å². The third-order valence-electron chi connectivity index (χ3n) is 3.80. The summed E-state index contributed by atoms with van der Waals surface area (Å²) < 4.78 is 5.47. The van der Waals surface area contributed by atoms with Crippen LogP contribution < -0.4 is 0 Å². The van der Waals surface area contributed by atoms with E-state index in [9.17, 15) is 4.79 Å². The van der Waals surface area contributed by atoms with Gasteiger partial charge in [-0.3, -0.25) is 4.79 Å². The van der Waals surface area contributed by atoms with E-state index in [1.54, 1.807) is 0 Å². The Hall–Kier alpha value is -1.83. The molecule has 1 saturated carbocycles. The summed E-state index contributed by atoms with van der Waals surface area (Å²) in [6.45, 7) is 3.74. The highest BCUT2D eigenvalue weighted by Gasteiger charge is 2.51. The van der Waals surface area contributed by atoms with Crippen LogP contribution >= 0.6 is 0 Å². The Bertz CT molecular complexity index is 589. The third kappa shape index (κ3) is 1.60. The number of benzene rings is 1. The van der Waals surface area contributed by atoms with Gasteiger partial charge in [-0.15, -0.1) is 0 Å². The van der Waals surface area contributed by atoms with E-state index in [1.807, 2.05) is 50.2 Å². The van der Waals surface area contributed by atoms with Gasteiger partial charge in [-0.25, -0.2) is 0 Å². The first-order valence-electron chi connectivity index (χ1n) is 6.31. The number of hydrogen-bond acceptors (Lipinski definition) is 2. The van der Waals surface area contributed by atoms with E-state index in [-0.39, 0.29) is 11.2 Å². The standard InChI is InChI=1S/C16H16O2/c1-11-10-14(12(2)18-11)15(17)16(8-9-16)13-6-4-3-5-7-13/h3-7,10H,8-9H2,1-2H3. The van der Waals surface area contributed by atoms with Gasteiger partial charge >= 0.3 is 0 Å². The topological polar surface area (TPSA) is 30.2 Å². The molecule has 0 unspecified atom stereocenters. The molecule has 1 fully saturated rings. The highest BCUT2D eigenvalue weighted by Crippen LogP contribution is 2.50. The second kappa shape index (κ2) is 3.84. The van der Waals surface area contributed by atoms with E-state index >= 15 is 0 Å². The van der Waals surface area contributed by atoms with Gasteiger partial charge in [0, 0.05) is 0 Å². The fourth-order valence-electron chi connectivity index (χ4n) is 2.64. The number of Topliss-reactive ketones (excluding diaryl/α,β-unsaturated/α-hetero) is 1. The van der Waals surface area contributed by atoms with Gasteiger partial charge in [0.05, 0.1) is 11.0 Å². The summed E-state index contributed by atoms with van der Waals surface area (Å²) in [6.07, 6.45) is 1.89. The van der Waals surface area contributed by atoms with E-state index in [0.717, 1.165) is 35.5 Å². The molecule has 2 nitrogen and oxygen atoms in total. The van der Waals surface area contributed by atoms with Crippen molar-refractivity contribution in [2.45, 2.75) is 32.1 Å². The molecule has 0 spiro atoms. The SMILES string of the molecule is Cc1cc(C(=O)C2(c3ccccc3)CC2)c(C)o1. The molecule has 0 radical (unpaired) electrons. The zero-order valence-electron chi connectivity index (χ0n) is 10.7. The van der Waals surface area contributed by atoms with Gasteiger partial charge in [0.1, 0.15) is 11.5 Å². The van der Waals surface area contributed by atoms with E-state index in [4.69, 9.17) is 4.42 Å². The van der Waals surface area contributed by atoms with Gasteiger partial charge in [-0.05, 0) is 38.3 Å². The second-order valence-electron chi connectivity index (χ2n) is 5.10. The summed E-state index contributed by atoms with van der Waals surface area (Å²) >= 11 is 0. The third-order valence-corrected chi connectivity index (χ3v) is 3.80. The molecule has 1 heterocycles. The Morgan fingerprint density at radius 3 is 2.33 bits per heavy atom. The van der Waals surface area contributed by atoms with Gasteiger partial charge in [-0.1, -0.05) is 30.3 Å². The Labute approximate surface area is 107 Å². The minimum absolute atomic E-state index is 0.211. The molecule has 1 aromatic heterocycles. The number of rotatable bonds is 3. The molecule has 3 rings (SSSR count). The van der Waals surface area contributed by atoms with Crippen molar-refractivity contribution in [2.75, 3.05) is 0 Å². The molecule has 2 aromatic rings. The van der Waals surface area contributed by atoms with Gasteiger partial charge < -0.3 is 4.42 Å². The Kier molecular flexibility index (Phi) is 2.40. The first-order chi connectivity index (χ1) is 8.63. The Morgan fingerprint density at radius 1 is 1.17 bits per heavy atom. The number of aryl methyl sites for hydroxylation is 2. The molecule has 1 aliphatic carbocycles. The minimum atomic E-state index is -0.289. The van der Waals surface area contributed by atoms with E-state index < -0.39 is 0 Å². The predicted molar refractivity (Wildman–Crippen MR) is 69.9 cm³/mol. The van der Waals surface area contributed by atoms with Crippen LogP contribution in [0.5, 0.6) is 0 Å². The van der Waals surface area contributed by atoms with Crippen LogP contribution in [0.15, 0.2) is 40.8 Å².